The first-order valence-corrected chi connectivity index (χ1v) is 13.2. The van der Waals surface area contributed by atoms with Crippen LogP contribution in [0.2, 0.25) is 0 Å². The van der Waals surface area contributed by atoms with Gasteiger partial charge < -0.3 is 4.90 Å². The first-order valence-electron chi connectivity index (χ1n) is 10.1. The van der Waals surface area contributed by atoms with Gasteiger partial charge in [-0.05, 0) is 23.6 Å². The van der Waals surface area contributed by atoms with Crippen molar-refractivity contribution in [3.05, 3.63) is 45.4 Å². The third-order valence-corrected chi connectivity index (χ3v) is 10.2. The van der Waals surface area contributed by atoms with Gasteiger partial charge in [0, 0.05) is 60.8 Å². The van der Waals surface area contributed by atoms with Crippen LogP contribution in [0.3, 0.4) is 0 Å². The quantitative estimate of drug-likeness (QED) is 0.446. The lowest BCUT2D eigenvalue weighted by Gasteiger charge is -2.33. The summed E-state index contributed by atoms with van der Waals surface area (Å²) >= 11 is 2.60. The third-order valence-electron chi connectivity index (χ3n) is 5.73. The molecule has 2 N–H and O–H groups in total. The predicted molar refractivity (Wildman–Crippen MR) is 125 cm³/mol. The number of thiazole rings is 1. The standard InChI is InChI=1S/C21H21N5O3S3/c1-2-14-3-4-15-12-19(30-17(15)11-14)32(28,29)26-9-7-24(8-10-26)21(27)20-23-16-5-6-25(22)13-18(16)31-20/h1,3-4,11-12H,5-10,13,22H2. The van der Waals surface area contributed by atoms with E-state index < -0.39 is 10.0 Å². The molecular weight excluding hydrogens is 466 g/mol. The Hall–Kier alpha value is -2.33. The minimum absolute atomic E-state index is 0.145. The number of carbonyl (C=O) groups is 1. The maximum Gasteiger partial charge on any atom is 0.282 e. The number of piperazine rings is 1. The lowest BCUT2D eigenvalue weighted by Crippen LogP contribution is -2.50. The molecule has 0 atom stereocenters. The van der Waals surface area contributed by atoms with E-state index in [2.05, 4.69) is 10.9 Å². The number of benzene rings is 1. The van der Waals surface area contributed by atoms with Crippen LogP contribution < -0.4 is 5.84 Å². The van der Waals surface area contributed by atoms with Gasteiger partial charge in [0.25, 0.3) is 15.9 Å². The summed E-state index contributed by atoms with van der Waals surface area (Å²) in [5.41, 5.74) is 1.66. The summed E-state index contributed by atoms with van der Waals surface area (Å²) in [4.78, 5) is 20.2. The lowest BCUT2D eigenvalue weighted by molar-refractivity contribution is 0.0697. The van der Waals surface area contributed by atoms with Crippen molar-refractivity contribution >= 4 is 48.7 Å². The van der Waals surface area contributed by atoms with Crippen LogP contribution in [0.5, 0.6) is 0 Å². The van der Waals surface area contributed by atoms with Crippen molar-refractivity contribution in [2.75, 3.05) is 32.7 Å². The van der Waals surface area contributed by atoms with Gasteiger partial charge in [0.05, 0.1) is 5.69 Å². The van der Waals surface area contributed by atoms with E-state index >= 15 is 0 Å². The van der Waals surface area contributed by atoms with Gasteiger partial charge in [0.1, 0.15) is 4.21 Å². The molecular formula is C21H21N5O3S3. The fraction of sp³-hybridized carbons (Fsp3) is 0.333. The molecule has 1 amide bonds. The molecule has 2 aliphatic heterocycles. The topological polar surface area (TPSA) is 99.8 Å². The smallest absolute Gasteiger partial charge is 0.282 e. The SMILES string of the molecule is C#Cc1ccc2cc(S(=O)(=O)N3CCN(C(=O)c4nc5c(s4)CN(N)CC5)CC3)sc2c1. The molecule has 11 heteroatoms. The zero-order valence-corrected chi connectivity index (χ0v) is 19.6. The van der Waals surface area contributed by atoms with Crippen LogP contribution in [0.1, 0.15) is 25.9 Å². The van der Waals surface area contributed by atoms with E-state index in [-0.39, 0.29) is 19.0 Å². The number of amides is 1. The minimum Gasteiger partial charge on any atom is -0.334 e. The highest BCUT2D eigenvalue weighted by molar-refractivity contribution is 7.91. The average molecular weight is 488 g/mol. The number of hydrazine groups is 1. The van der Waals surface area contributed by atoms with Crippen molar-refractivity contribution < 1.29 is 13.2 Å². The average Bonchev–Trinajstić information content (AvgIpc) is 3.42. The molecule has 3 aromatic rings. The number of rotatable bonds is 3. The maximum atomic E-state index is 13.2. The number of nitrogens with zero attached hydrogens (tertiary/aromatic N) is 4. The number of terminal acetylenes is 1. The third kappa shape index (κ3) is 3.83. The molecule has 2 aliphatic rings. The van der Waals surface area contributed by atoms with Gasteiger partial charge in [-0.15, -0.1) is 29.1 Å². The van der Waals surface area contributed by atoms with Gasteiger partial charge in [-0.3, -0.25) is 10.6 Å². The molecule has 0 bridgehead atoms. The van der Waals surface area contributed by atoms with Crippen LogP contribution in [0.25, 0.3) is 10.1 Å². The molecule has 0 saturated carbocycles. The number of hydrogen-bond acceptors (Lipinski definition) is 8. The van der Waals surface area contributed by atoms with Gasteiger partial charge in [-0.2, -0.15) is 4.31 Å². The zero-order chi connectivity index (χ0) is 22.5. The molecule has 5 rings (SSSR count). The van der Waals surface area contributed by atoms with E-state index in [1.54, 1.807) is 22.0 Å². The Labute approximate surface area is 194 Å². The second-order valence-corrected chi connectivity index (χ2v) is 12.1. The van der Waals surface area contributed by atoms with E-state index in [1.165, 1.54) is 27.0 Å². The van der Waals surface area contributed by atoms with Crippen molar-refractivity contribution in [3.8, 4) is 12.3 Å². The molecule has 0 unspecified atom stereocenters. The first kappa shape index (κ1) is 21.5. The van der Waals surface area contributed by atoms with Crippen molar-refractivity contribution in [2.45, 2.75) is 17.2 Å². The summed E-state index contributed by atoms with van der Waals surface area (Å²) in [5.74, 6) is 8.30. The van der Waals surface area contributed by atoms with E-state index in [9.17, 15) is 13.2 Å². The summed E-state index contributed by atoms with van der Waals surface area (Å²) in [6.45, 7) is 2.49. The van der Waals surface area contributed by atoms with Gasteiger partial charge in [0.2, 0.25) is 0 Å². The number of nitrogens with two attached hydrogens (primary N) is 1. The summed E-state index contributed by atoms with van der Waals surface area (Å²) < 4.78 is 29.0. The van der Waals surface area contributed by atoms with Crippen LogP contribution in [-0.2, 0) is 23.0 Å². The molecule has 0 aliphatic carbocycles. The number of carbonyl (C=O) groups excluding carboxylic acids is 1. The molecule has 2 aromatic heterocycles. The van der Waals surface area contributed by atoms with Gasteiger partial charge in [-0.1, -0.05) is 12.0 Å². The van der Waals surface area contributed by atoms with Crippen molar-refractivity contribution in [1.82, 2.24) is 19.2 Å². The second kappa shape index (κ2) is 8.22. The van der Waals surface area contributed by atoms with Crippen LogP contribution >= 0.6 is 22.7 Å². The van der Waals surface area contributed by atoms with E-state index in [1.807, 2.05) is 12.1 Å². The van der Waals surface area contributed by atoms with Crippen LogP contribution in [0.4, 0.5) is 0 Å². The molecule has 166 valence electrons. The molecule has 0 spiro atoms. The molecule has 1 fully saturated rings. The largest absolute Gasteiger partial charge is 0.334 e. The first-order chi connectivity index (χ1) is 15.3. The fourth-order valence-electron chi connectivity index (χ4n) is 3.92. The van der Waals surface area contributed by atoms with Gasteiger partial charge in [0.15, 0.2) is 5.01 Å². The number of fused-ring (bicyclic) bond motifs is 2. The molecule has 32 heavy (non-hydrogen) atoms. The van der Waals surface area contributed by atoms with Crippen molar-refractivity contribution in [3.63, 3.8) is 0 Å². The number of sulfonamides is 1. The normalized spacial score (nSPS) is 17.9. The molecule has 1 saturated heterocycles. The highest BCUT2D eigenvalue weighted by atomic mass is 32.2. The zero-order valence-electron chi connectivity index (χ0n) is 17.2. The molecule has 4 heterocycles. The van der Waals surface area contributed by atoms with Gasteiger partial charge >= 0.3 is 0 Å². The van der Waals surface area contributed by atoms with Crippen molar-refractivity contribution in [1.29, 1.82) is 0 Å². The molecule has 0 radical (unpaired) electrons. The van der Waals surface area contributed by atoms with Crippen LogP contribution in [0.15, 0.2) is 28.5 Å². The number of thiophene rings is 1. The van der Waals surface area contributed by atoms with Crippen LogP contribution in [-0.4, -0.2) is 66.2 Å². The Kier molecular flexibility index (Phi) is 5.53. The molecule has 8 nitrogen and oxygen atoms in total. The van der Waals surface area contributed by atoms with Gasteiger partial charge in [-0.25, -0.2) is 18.4 Å². The Morgan fingerprint density at radius 2 is 1.91 bits per heavy atom. The second-order valence-electron chi connectivity index (χ2n) is 7.77. The Morgan fingerprint density at radius 1 is 1.12 bits per heavy atom. The van der Waals surface area contributed by atoms with E-state index in [0.29, 0.717) is 28.9 Å². The lowest BCUT2D eigenvalue weighted by atomic mass is 10.2. The summed E-state index contributed by atoms with van der Waals surface area (Å²) in [6, 6.07) is 7.16. The Morgan fingerprint density at radius 3 is 2.66 bits per heavy atom. The highest BCUT2D eigenvalue weighted by Gasteiger charge is 2.33. The highest BCUT2D eigenvalue weighted by Crippen LogP contribution is 2.32. The fourth-order valence-corrected chi connectivity index (χ4v) is 8.04. The Bertz CT molecular complexity index is 1350. The van der Waals surface area contributed by atoms with Crippen LogP contribution in [0, 0.1) is 12.3 Å². The number of hydrogen-bond donors (Lipinski definition) is 1. The summed E-state index contributed by atoms with van der Waals surface area (Å²) in [5, 5.41) is 3.03. The Balaban J connectivity index is 1.29. The monoisotopic (exact) mass is 487 g/mol. The maximum absolute atomic E-state index is 13.2. The summed E-state index contributed by atoms with van der Waals surface area (Å²) in [7, 11) is -3.64. The van der Waals surface area contributed by atoms with Crippen molar-refractivity contribution in [2.24, 2.45) is 5.84 Å². The van der Waals surface area contributed by atoms with E-state index in [0.717, 1.165) is 39.2 Å². The molecule has 1 aromatic carbocycles. The van der Waals surface area contributed by atoms with E-state index in [4.69, 9.17) is 12.3 Å². The summed E-state index contributed by atoms with van der Waals surface area (Å²) in [6.07, 6.45) is 6.18. The predicted octanol–water partition coefficient (Wildman–Crippen LogP) is 1.72. The number of aromatic nitrogens is 1. The minimum atomic E-state index is -3.64.